The first-order valence-electron chi connectivity index (χ1n) is 9.59. The van der Waals surface area contributed by atoms with E-state index in [-0.39, 0.29) is 5.91 Å². The molecule has 5 rings (SSSR count). The summed E-state index contributed by atoms with van der Waals surface area (Å²) in [6.07, 6.45) is 3.75. The smallest absolute Gasteiger partial charge is 0.407 e. The van der Waals surface area contributed by atoms with Crippen LogP contribution in [0.25, 0.3) is 28.0 Å². The number of rotatable bonds is 4. The van der Waals surface area contributed by atoms with Gasteiger partial charge in [0.1, 0.15) is 0 Å². The van der Waals surface area contributed by atoms with E-state index in [4.69, 9.17) is 4.42 Å². The lowest BCUT2D eigenvalue weighted by Crippen LogP contribution is -2.25. The van der Waals surface area contributed by atoms with Crippen LogP contribution in [0.15, 0.2) is 70.0 Å². The Labute approximate surface area is 166 Å². The fraction of sp³-hybridized carbons (Fsp3) is 0.174. The van der Waals surface area contributed by atoms with Gasteiger partial charge in [0.05, 0.1) is 23.1 Å². The van der Waals surface area contributed by atoms with Gasteiger partial charge in [0.2, 0.25) is 0 Å². The number of nitrogens with zero attached hydrogens (tertiary/aromatic N) is 2. The van der Waals surface area contributed by atoms with Crippen molar-refractivity contribution in [2.24, 2.45) is 0 Å². The second-order valence-corrected chi connectivity index (χ2v) is 7.35. The molecule has 2 heterocycles. The van der Waals surface area contributed by atoms with Crippen molar-refractivity contribution in [3.05, 3.63) is 82.5 Å². The third-order valence-electron chi connectivity index (χ3n) is 5.18. The molecule has 0 aliphatic heterocycles. The Bertz CT molecular complexity index is 1280. The number of hydrogen-bond acceptors (Lipinski definition) is 4. The number of para-hydroxylation sites is 2. The number of oxazole rings is 1. The lowest BCUT2D eigenvalue weighted by Gasteiger charge is -2.10. The van der Waals surface area contributed by atoms with Crippen molar-refractivity contribution in [3.63, 3.8) is 0 Å². The summed E-state index contributed by atoms with van der Waals surface area (Å²) in [6, 6.07) is 16.9. The predicted octanol–water partition coefficient (Wildman–Crippen LogP) is 3.85. The molecular formula is C23H19N3O3. The van der Waals surface area contributed by atoms with Crippen LogP contribution in [-0.2, 0) is 0 Å². The van der Waals surface area contributed by atoms with Gasteiger partial charge in [-0.3, -0.25) is 9.78 Å². The average molecular weight is 385 g/mol. The van der Waals surface area contributed by atoms with Gasteiger partial charge in [0.15, 0.2) is 5.58 Å². The minimum Gasteiger partial charge on any atom is -0.407 e. The number of amides is 1. The van der Waals surface area contributed by atoms with Gasteiger partial charge < -0.3 is 9.73 Å². The monoisotopic (exact) mass is 385 g/mol. The van der Waals surface area contributed by atoms with Gasteiger partial charge in [-0.05, 0) is 61.7 Å². The standard InChI is InChI=1S/C23H19N3O3/c1-14-6-7-15(22(27)25-16-8-9-16)12-18(14)19-11-10-17(13-24-19)26-20-4-2-3-5-21(20)29-23(26)28/h2-7,10-13,16H,8-9H2,1H3,(H,25,27). The Morgan fingerprint density at radius 2 is 1.97 bits per heavy atom. The van der Waals surface area contributed by atoms with Crippen molar-refractivity contribution in [1.82, 2.24) is 14.9 Å². The van der Waals surface area contributed by atoms with Crippen LogP contribution in [0.1, 0.15) is 28.8 Å². The van der Waals surface area contributed by atoms with Crippen molar-refractivity contribution in [3.8, 4) is 16.9 Å². The quantitative estimate of drug-likeness (QED) is 0.579. The molecule has 0 spiro atoms. The van der Waals surface area contributed by atoms with E-state index in [9.17, 15) is 9.59 Å². The number of aryl methyl sites for hydroxylation is 1. The van der Waals surface area contributed by atoms with Gasteiger partial charge in [-0.2, -0.15) is 0 Å². The zero-order chi connectivity index (χ0) is 20.0. The maximum Gasteiger partial charge on any atom is 0.424 e. The number of carbonyl (C=O) groups excluding carboxylic acids is 1. The number of carbonyl (C=O) groups is 1. The second-order valence-electron chi connectivity index (χ2n) is 7.35. The molecule has 1 fully saturated rings. The van der Waals surface area contributed by atoms with Crippen LogP contribution in [0.3, 0.4) is 0 Å². The Morgan fingerprint density at radius 3 is 2.72 bits per heavy atom. The van der Waals surface area contributed by atoms with Crippen molar-refractivity contribution < 1.29 is 9.21 Å². The molecule has 6 heteroatoms. The topological polar surface area (TPSA) is 77.1 Å². The summed E-state index contributed by atoms with van der Waals surface area (Å²) in [6.45, 7) is 1.99. The minimum absolute atomic E-state index is 0.0539. The Hall–Kier alpha value is -3.67. The Kier molecular flexibility index (Phi) is 4.05. The van der Waals surface area contributed by atoms with E-state index in [2.05, 4.69) is 10.3 Å². The Morgan fingerprint density at radius 1 is 1.14 bits per heavy atom. The highest BCUT2D eigenvalue weighted by atomic mass is 16.4. The highest BCUT2D eigenvalue weighted by Crippen LogP contribution is 2.25. The Balaban J connectivity index is 1.51. The molecule has 1 aliphatic rings. The van der Waals surface area contributed by atoms with Gasteiger partial charge >= 0.3 is 5.76 Å². The molecule has 1 amide bonds. The maximum atomic E-state index is 12.4. The number of benzene rings is 2. The lowest BCUT2D eigenvalue weighted by molar-refractivity contribution is 0.0951. The van der Waals surface area contributed by atoms with Crippen LogP contribution in [0.5, 0.6) is 0 Å². The summed E-state index contributed by atoms with van der Waals surface area (Å²) in [4.78, 5) is 29.2. The second kappa shape index (κ2) is 6.74. The molecule has 1 N–H and O–H groups in total. The zero-order valence-electron chi connectivity index (χ0n) is 15.9. The van der Waals surface area contributed by atoms with E-state index in [0.717, 1.165) is 29.7 Å². The third-order valence-corrected chi connectivity index (χ3v) is 5.18. The normalized spacial score (nSPS) is 13.6. The van der Waals surface area contributed by atoms with Crippen molar-refractivity contribution in [2.75, 3.05) is 0 Å². The van der Waals surface area contributed by atoms with E-state index in [1.54, 1.807) is 12.3 Å². The molecule has 1 aliphatic carbocycles. The van der Waals surface area contributed by atoms with Gasteiger partial charge in [0.25, 0.3) is 5.91 Å². The van der Waals surface area contributed by atoms with Crippen LogP contribution in [0.4, 0.5) is 0 Å². The number of pyridine rings is 1. The van der Waals surface area contributed by atoms with Crippen molar-refractivity contribution in [1.29, 1.82) is 0 Å². The third kappa shape index (κ3) is 3.23. The van der Waals surface area contributed by atoms with Crippen LogP contribution in [-0.4, -0.2) is 21.5 Å². The summed E-state index contributed by atoms with van der Waals surface area (Å²) in [5.74, 6) is -0.502. The fourth-order valence-electron chi connectivity index (χ4n) is 3.42. The molecule has 144 valence electrons. The van der Waals surface area contributed by atoms with Crippen molar-refractivity contribution in [2.45, 2.75) is 25.8 Å². The van der Waals surface area contributed by atoms with E-state index in [0.29, 0.717) is 28.4 Å². The van der Waals surface area contributed by atoms with Crippen molar-refractivity contribution >= 4 is 17.0 Å². The lowest BCUT2D eigenvalue weighted by atomic mass is 10.0. The summed E-state index contributed by atoms with van der Waals surface area (Å²) >= 11 is 0. The molecule has 0 bridgehead atoms. The van der Waals surface area contributed by atoms with Gasteiger partial charge in [-0.1, -0.05) is 18.2 Å². The zero-order valence-corrected chi connectivity index (χ0v) is 15.9. The predicted molar refractivity (Wildman–Crippen MR) is 110 cm³/mol. The van der Waals surface area contributed by atoms with Crippen LogP contribution in [0.2, 0.25) is 0 Å². The fourth-order valence-corrected chi connectivity index (χ4v) is 3.42. The molecule has 0 unspecified atom stereocenters. The minimum atomic E-state index is -0.448. The molecule has 4 aromatic rings. The molecule has 6 nitrogen and oxygen atoms in total. The largest absolute Gasteiger partial charge is 0.424 e. The molecule has 2 aromatic carbocycles. The SMILES string of the molecule is Cc1ccc(C(=O)NC2CC2)cc1-c1ccc(-n2c(=O)oc3ccccc32)cn1. The van der Waals surface area contributed by atoms with E-state index in [1.165, 1.54) is 4.57 Å². The molecule has 1 saturated carbocycles. The number of aromatic nitrogens is 2. The summed E-state index contributed by atoms with van der Waals surface area (Å²) in [7, 11) is 0. The first-order chi connectivity index (χ1) is 14.1. The van der Waals surface area contributed by atoms with Crippen LogP contribution in [0, 0.1) is 6.92 Å². The maximum absolute atomic E-state index is 12.4. The molecule has 0 atom stereocenters. The highest BCUT2D eigenvalue weighted by Gasteiger charge is 2.24. The molecule has 0 radical (unpaired) electrons. The van der Waals surface area contributed by atoms with E-state index in [1.807, 2.05) is 55.5 Å². The van der Waals surface area contributed by atoms with E-state index >= 15 is 0 Å². The summed E-state index contributed by atoms with van der Waals surface area (Å²) in [5, 5.41) is 3.01. The first kappa shape index (κ1) is 17.4. The average Bonchev–Trinajstić information content (AvgIpc) is 3.48. The van der Waals surface area contributed by atoms with E-state index < -0.39 is 5.76 Å². The highest BCUT2D eigenvalue weighted by molar-refractivity contribution is 5.96. The van der Waals surface area contributed by atoms with Crippen LogP contribution < -0.4 is 11.1 Å². The molecular weight excluding hydrogens is 366 g/mol. The summed E-state index contributed by atoms with van der Waals surface area (Å²) < 4.78 is 6.80. The van der Waals surface area contributed by atoms with Gasteiger partial charge in [0, 0.05) is 17.2 Å². The van der Waals surface area contributed by atoms with Gasteiger partial charge in [-0.25, -0.2) is 9.36 Å². The number of hydrogen-bond donors (Lipinski definition) is 1. The first-order valence-corrected chi connectivity index (χ1v) is 9.59. The number of nitrogens with one attached hydrogen (secondary N) is 1. The number of fused-ring (bicyclic) bond motifs is 1. The van der Waals surface area contributed by atoms with Gasteiger partial charge in [-0.15, -0.1) is 0 Å². The molecule has 0 saturated heterocycles. The molecule has 2 aromatic heterocycles. The molecule has 29 heavy (non-hydrogen) atoms. The summed E-state index contributed by atoms with van der Waals surface area (Å²) in [5.41, 5.74) is 5.15. The van der Waals surface area contributed by atoms with Crippen LogP contribution >= 0.6 is 0 Å².